The molecule has 3 heteroatoms. The van der Waals surface area contributed by atoms with Crippen molar-refractivity contribution in [2.75, 3.05) is 26.7 Å². The molecule has 0 aliphatic carbocycles. The first kappa shape index (κ1) is 16.5. The van der Waals surface area contributed by atoms with Crippen molar-refractivity contribution in [1.29, 1.82) is 0 Å². The van der Waals surface area contributed by atoms with Gasteiger partial charge in [0.15, 0.2) is 0 Å². The lowest BCUT2D eigenvalue weighted by atomic mass is 9.98. The molecule has 0 saturated carbocycles. The Hall–Kier alpha value is -0.900. The number of hydrogen-bond donors (Lipinski definition) is 1. The molecular weight excluding hydrogens is 260 g/mol. The summed E-state index contributed by atoms with van der Waals surface area (Å²) in [5.41, 5.74) is 2.71. The van der Waals surface area contributed by atoms with Crippen LogP contribution in [-0.4, -0.2) is 43.8 Å². The highest BCUT2D eigenvalue weighted by atomic mass is 16.5. The molecule has 1 fully saturated rings. The third-order valence-corrected chi connectivity index (χ3v) is 4.62. The molecule has 3 atom stereocenters. The Kier molecular flexibility index (Phi) is 6.22. The number of hydrogen-bond acceptors (Lipinski definition) is 3. The van der Waals surface area contributed by atoms with Crippen LogP contribution in [0.2, 0.25) is 0 Å². The molecule has 3 nitrogen and oxygen atoms in total. The van der Waals surface area contributed by atoms with Crippen molar-refractivity contribution in [3.63, 3.8) is 0 Å². The maximum atomic E-state index is 5.51. The third-order valence-electron chi connectivity index (χ3n) is 4.62. The van der Waals surface area contributed by atoms with Gasteiger partial charge in [0, 0.05) is 32.3 Å². The zero-order valence-corrected chi connectivity index (χ0v) is 13.9. The number of likely N-dealkylation sites (tertiary alicyclic amines) is 1. The second kappa shape index (κ2) is 7.92. The Morgan fingerprint density at radius 3 is 2.62 bits per heavy atom. The van der Waals surface area contributed by atoms with Crippen LogP contribution in [0.5, 0.6) is 0 Å². The van der Waals surface area contributed by atoms with Gasteiger partial charge in [-0.3, -0.25) is 4.90 Å². The molecule has 0 spiro atoms. The Labute approximate surface area is 129 Å². The summed E-state index contributed by atoms with van der Waals surface area (Å²) in [5, 5.41) is 3.73. The lowest BCUT2D eigenvalue weighted by Gasteiger charge is -2.33. The molecule has 21 heavy (non-hydrogen) atoms. The Balaban J connectivity index is 2.09. The normalized spacial score (nSPS) is 22.4. The fraction of sp³-hybridized carbons (Fsp3) is 0.667. The van der Waals surface area contributed by atoms with Gasteiger partial charge in [0.25, 0.3) is 0 Å². The van der Waals surface area contributed by atoms with Gasteiger partial charge in [-0.1, -0.05) is 36.8 Å². The fourth-order valence-corrected chi connectivity index (χ4v) is 3.17. The number of aryl methyl sites for hydroxylation is 1. The first-order valence-electron chi connectivity index (χ1n) is 8.22. The van der Waals surface area contributed by atoms with Crippen molar-refractivity contribution in [2.24, 2.45) is 0 Å². The summed E-state index contributed by atoms with van der Waals surface area (Å²) < 4.78 is 5.51. The van der Waals surface area contributed by atoms with Gasteiger partial charge < -0.3 is 10.1 Å². The van der Waals surface area contributed by atoms with Gasteiger partial charge >= 0.3 is 0 Å². The highest BCUT2D eigenvalue weighted by Gasteiger charge is 2.30. The molecular formula is C18H30N2O. The minimum atomic E-state index is 0.390. The van der Waals surface area contributed by atoms with E-state index in [1.165, 1.54) is 11.1 Å². The maximum absolute atomic E-state index is 5.51. The van der Waals surface area contributed by atoms with Crippen LogP contribution < -0.4 is 5.32 Å². The molecule has 1 aromatic carbocycles. The summed E-state index contributed by atoms with van der Waals surface area (Å²) in [6.07, 6.45) is 2.71. The van der Waals surface area contributed by atoms with E-state index in [0.29, 0.717) is 18.2 Å². The largest absolute Gasteiger partial charge is 0.380 e. The minimum Gasteiger partial charge on any atom is -0.380 e. The first-order chi connectivity index (χ1) is 10.2. The van der Waals surface area contributed by atoms with Gasteiger partial charge in [-0.15, -0.1) is 0 Å². The fourth-order valence-electron chi connectivity index (χ4n) is 3.17. The number of methoxy groups -OCH3 is 1. The maximum Gasteiger partial charge on any atom is 0.0710 e. The molecule has 3 unspecified atom stereocenters. The van der Waals surface area contributed by atoms with Crippen LogP contribution in [0.1, 0.15) is 43.9 Å². The molecule has 0 aromatic heterocycles. The van der Waals surface area contributed by atoms with E-state index in [2.05, 4.69) is 55.3 Å². The van der Waals surface area contributed by atoms with Gasteiger partial charge in [-0.05, 0) is 38.8 Å². The van der Waals surface area contributed by atoms with E-state index in [1.807, 2.05) is 7.11 Å². The summed E-state index contributed by atoms with van der Waals surface area (Å²) in [6, 6.07) is 9.84. The summed E-state index contributed by atoms with van der Waals surface area (Å²) in [5.74, 6) is 0. The predicted octanol–water partition coefficient (Wildman–Crippen LogP) is 3.14. The van der Waals surface area contributed by atoms with Crippen LogP contribution in [0.15, 0.2) is 24.3 Å². The van der Waals surface area contributed by atoms with Crippen molar-refractivity contribution in [3.8, 4) is 0 Å². The van der Waals surface area contributed by atoms with Crippen LogP contribution in [0, 0.1) is 6.92 Å². The summed E-state index contributed by atoms with van der Waals surface area (Å²) in [4.78, 5) is 2.56. The SMILES string of the molecule is CCCNC(c1ccc(C)cc1)C(C)N1CCC(OC)C1. The molecule has 1 aliphatic heterocycles. The number of rotatable bonds is 7. The number of nitrogens with zero attached hydrogens (tertiary/aromatic N) is 1. The van der Waals surface area contributed by atoms with Crippen LogP contribution in [-0.2, 0) is 4.74 Å². The van der Waals surface area contributed by atoms with E-state index in [9.17, 15) is 0 Å². The highest BCUT2D eigenvalue weighted by Crippen LogP contribution is 2.25. The lowest BCUT2D eigenvalue weighted by Crippen LogP contribution is -2.42. The summed E-state index contributed by atoms with van der Waals surface area (Å²) >= 11 is 0. The predicted molar refractivity (Wildman–Crippen MR) is 88.7 cm³/mol. The molecule has 0 bridgehead atoms. The summed E-state index contributed by atoms with van der Waals surface area (Å²) in [6.45, 7) is 9.95. The van der Waals surface area contributed by atoms with E-state index >= 15 is 0 Å². The van der Waals surface area contributed by atoms with Crippen molar-refractivity contribution in [3.05, 3.63) is 35.4 Å². The molecule has 1 heterocycles. The molecule has 118 valence electrons. The smallest absolute Gasteiger partial charge is 0.0710 e. The standard InChI is InChI=1S/C18H30N2O/c1-5-11-19-18(16-8-6-14(2)7-9-16)15(3)20-12-10-17(13-20)21-4/h6-9,15,17-19H,5,10-13H2,1-4H3. The Morgan fingerprint density at radius 2 is 2.05 bits per heavy atom. The summed E-state index contributed by atoms with van der Waals surface area (Å²) in [7, 11) is 1.83. The molecule has 1 N–H and O–H groups in total. The van der Waals surface area contributed by atoms with Gasteiger partial charge in [0.05, 0.1) is 6.10 Å². The number of nitrogens with one attached hydrogen (secondary N) is 1. The molecule has 2 rings (SSSR count). The van der Waals surface area contributed by atoms with E-state index in [0.717, 1.165) is 32.5 Å². The second-order valence-corrected chi connectivity index (χ2v) is 6.22. The quantitative estimate of drug-likeness (QED) is 0.835. The topological polar surface area (TPSA) is 24.5 Å². The Bertz CT molecular complexity index is 418. The third kappa shape index (κ3) is 4.29. The number of ether oxygens (including phenoxy) is 1. The molecule has 1 aromatic rings. The minimum absolute atomic E-state index is 0.390. The van der Waals surface area contributed by atoms with Crippen molar-refractivity contribution in [2.45, 2.75) is 51.8 Å². The van der Waals surface area contributed by atoms with Crippen molar-refractivity contribution in [1.82, 2.24) is 10.2 Å². The lowest BCUT2D eigenvalue weighted by molar-refractivity contribution is 0.0976. The molecule has 1 saturated heterocycles. The van der Waals surface area contributed by atoms with Crippen molar-refractivity contribution < 1.29 is 4.74 Å². The van der Waals surface area contributed by atoms with E-state index in [4.69, 9.17) is 4.74 Å². The van der Waals surface area contributed by atoms with Crippen LogP contribution >= 0.6 is 0 Å². The second-order valence-electron chi connectivity index (χ2n) is 6.22. The van der Waals surface area contributed by atoms with Gasteiger partial charge in [0.1, 0.15) is 0 Å². The van der Waals surface area contributed by atoms with Crippen LogP contribution in [0.4, 0.5) is 0 Å². The van der Waals surface area contributed by atoms with Crippen molar-refractivity contribution >= 4 is 0 Å². The first-order valence-corrected chi connectivity index (χ1v) is 8.22. The zero-order chi connectivity index (χ0) is 15.2. The average Bonchev–Trinajstić information content (AvgIpc) is 2.98. The molecule has 1 aliphatic rings. The Morgan fingerprint density at radius 1 is 1.33 bits per heavy atom. The van der Waals surface area contributed by atoms with Gasteiger partial charge in [-0.2, -0.15) is 0 Å². The number of benzene rings is 1. The highest BCUT2D eigenvalue weighted by molar-refractivity contribution is 5.25. The molecule has 0 amide bonds. The van der Waals surface area contributed by atoms with E-state index in [-0.39, 0.29) is 0 Å². The van der Waals surface area contributed by atoms with Crippen LogP contribution in [0.25, 0.3) is 0 Å². The zero-order valence-electron chi connectivity index (χ0n) is 13.9. The van der Waals surface area contributed by atoms with E-state index < -0.39 is 0 Å². The van der Waals surface area contributed by atoms with Crippen LogP contribution in [0.3, 0.4) is 0 Å². The van der Waals surface area contributed by atoms with Gasteiger partial charge in [-0.25, -0.2) is 0 Å². The van der Waals surface area contributed by atoms with Gasteiger partial charge in [0.2, 0.25) is 0 Å². The average molecular weight is 290 g/mol. The monoisotopic (exact) mass is 290 g/mol. The van der Waals surface area contributed by atoms with E-state index in [1.54, 1.807) is 0 Å². The molecule has 0 radical (unpaired) electrons.